The lowest BCUT2D eigenvalue weighted by Gasteiger charge is -2.04. The summed E-state index contributed by atoms with van der Waals surface area (Å²) in [6.45, 7) is 6.11. The highest BCUT2D eigenvalue weighted by molar-refractivity contribution is 5.89. The molecule has 0 atom stereocenters. The number of hydrogen-bond donors (Lipinski definition) is 3. The first-order chi connectivity index (χ1) is 21.5. The monoisotopic (exact) mass is 600 g/mol. The second-order valence-corrected chi connectivity index (χ2v) is 11.2. The first kappa shape index (κ1) is 32.4. The molecule has 0 spiro atoms. The van der Waals surface area contributed by atoms with E-state index in [-0.39, 0.29) is 19.3 Å². The maximum Gasteiger partial charge on any atom is 0.307 e. The summed E-state index contributed by atoms with van der Waals surface area (Å²) in [6.07, 6.45) is 0.258. The Morgan fingerprint density at radius 1 is 0.444 bits per heavy atom. The third-order valence-electron chi connectivity index (χ3n) is 7.30. The van der Waals surface area contributed by atoms with Gasteiger partial charge in [0.15, 0.2) is 0 Å². The van der Waals surface area contributed by atoms with Crippen LogP contribution >= 0.6 is 0 Å². The summed E-state index contributed by atoms with van der Waals surface area (Å²) in [5.74, 6) is -2.37. The molecular weight excluding hydrogens is 564 g/mol. The quantitative estimate of drug-likeness (QED) is 0.177. The number of carbonyl (C=O) groups is 3. The van der Waals surface area contributed by atoms with Crippen LogP contribution in [0.15, 0.2) is 109 Å². The minimum atomic E-state index is -0.790. The maximum atomic E-state index is 10.7. The second-order valence-electron chi connectivity index (χ2n) is 11.2. The molecule has 6 nitrogen and oxygen atoms in total. The minimum absolute atomic E-state index is 0.0837. The zero-order chi connectivity index (χ0) is 32.5. The van der Waals surface area contributed by atoms with E-state index in [1.165, 1.54) is 16.7 Å². The molecule has 6 heteroatoms. The van der Waals surface area contributed by atoms with Crippen molar-refractivity contribution in [3.05, 3.63) is 143 Å². The molecule has 0 radical (unpaired) electrons. The topological polar surface area (TPSA) is 112 Å². The number of rotatable bonds is 6. The Morgan fingerprint density at radius 3 is 1.49 bits per heavy atom. The van der Waals surface area contributed by atoms with Crippen LogP contribution in [0.2, 0.25) is 0 Å². The van der Waals surface area contributed by atoms with Gasteiger partial charge in [0.2, 0.25) is 0 Å². The van der Waals surface area contributed by atoms with Crippen LogP contribution in [-0.4, -0.2) is 33.2 Å². The summed E-state index contributed by atoms with van der Waals surface area (Å²) >= 11 is 0. The molecule has 6 aromatic rings. The van der Waals surface area contributed by atoms with Gasteiger partial charge in [-0.3, -0.25) is 14.4 Å². The van der Waals surface area contributed by atoms with E-state index in [0.717, 1.165) is 49.0 Å². The number of fused-ring (bicyclic) bond motifs is 3. The largest absolute Gasteiger partial charge is 0.481 e. The van der Waals surface area contributed by atoms with Gasteiger partial charge in [0.05, 0.1) is 19.3 Å². The summed E-state index contributed by atoms with van der Waals surface area (Å²) in [5, 5.41) is 32.8. The lowest BCUT2D eigenvalue weighted by Crippen LogP contribution is -2.00. The highest BCUT2D eigenvalue weighted by atomic mass is 16.4. The lowest BCUT2D eigenvalue weighted by molar-refractivity contribution is -0.137. The van der Waals surface area contributed by atoms with Crippen molar-refractivity contribution in [3.63, 3.8) is 0 Å². The maximum absolute atomic E-state index is 10.7. The molecule has 0 heterocycles. The Hall–Kier alpha value is -5.49. The Morgan fingerprint density at radius 2 is 0.889 bits per heavy atom. The highest BCUT2D eigenvalue weighted by Crippen LogP contribution is 2.21. The molecule has 3 N–H and O–H groups in total. The molecule has 6 rings (SSSR count). The van der Waals surface area contributed by atoms with E-state index in [1.54, 1.807) is 0 Å². The van der Waals surface area contributed by atoms with Crippen molar-refractivity contribution >= 4 is 50.2 Å². The van der Waals surface area contributed by atoms with Gasteiger partial charge in [-0.1, -0.05) is 126 Å². The Balaban J connectivity index is 0.000000154. The second kappa shape index (κ2) is 14.8. The molecule has 0 aromatic heterocycles. The van der Waals surface area contributed by atoms with Gasteiger partial charge in [-0.25, -0.2) is 0 Å². The number of benzene rings is 6. The van der Waals surface area contributed by atoms with Crippen LogP contribution in [0.1, 0.15) is 33.4 Å². The van der Waals surface area contributed by atoms with Crippen molar-refractivity contribution in [2.45, 2.75) is 40.0 Å². The summed E-state index contributed by atoms with van der Waals surface area (Å²) in [5.41, 5.74) is 6.16. The fraction of sp³-hybridized carbons (Fsp3) is 0.154. The summed E-state index contributed by atoms with van der Waals surface area (Å²) in [4.78, 5) is 31.8. The van der Waals surface area contributed by atoms with Gasteiger partial charge in [0, 0.05) is 0 Å². The van der Waals surface area contributed by atoms with E-state index < -0.39 is 17.9 Å². The van der Waals surface area contributed by atoms with Crippen LogP contribution in [-0.2, 0) is 33.6 Å². The SMILES string of the molecule is Cc1ccc2c(CC(=O)O)cccc2c1.Cc1ccc2cc(CC(=O)O)ccc2c1.Cc1ccc2ccc(CC(=O)O)cc2c1. The van der Waals surface area contributed by atoms with Crippen molar-refractivity contribution in [1.29, 1.82) is 0 Å². The molecule has 6 aromatic carbocycles. The number of carboxylic acids is 3. The first-order valence-corrected chi connectivity index (χ1v) is 14.6. The molecule has 0 aliphatic rings. The summed E-state index contributed by atoms with van der Waals surface area (Å²) in [7, 11) is 0. The number of carboxylic acid groups (broad SMARTS) is 3. The molecule has 0 saturated carbocycles. The lowest BCUT2D eigenvalue weighted by atomic mass is 10.0. The minimum Gasteiger partial charge on any atom is -0.481 e. The summed E-state index contributed by atoms with van der Waals surface area (Å²) < 4.78 is 0. The van der Waals surface area contributed by atoms with Gasteiger partial charge in [0.1, 0.15) is 0 Å². The highest BCUT2D eigenvalue weighted by Gasteiger charge is 2.05. The average molecular weight is 601 g/mol. The van der Waals surface area contributed by atoms with Gasteiger partial charge >= 0.3 is 17.9 Å². The van der Waals surface area contributed by atoms with Gasteiger partial charge in [-0.15, -0.1) is 0 Å². The molecule has 45 heavy (non-hydrogen) atoms. The molecule has 0 bridgehead atoms. The Labute approximate surface area is 262 Å². The predicted octanol–water partition coefficient (Wildman–Crippen LogP) is 8.33. The fourth-order valence-electron chi connectivity index (χ4n) is 5.19. The van der Waals surface area contributed by atoms with E-state index in [2.05, 4.69) is 30.3 Å². The van der Waals surface area contributed by atoms with Crippen molar-refractivity contribution in [3.8, 4) is 0 Å². The van der Waals surface area contributed by atoms with Gasteiger partial charge in [0.25, 0.3) is 0 Å². The van der Waals surface area contributed by atoms with Gasteiger partial charge in [-0.05, 0) is 69.8 Å². The van der Waals surface area contributed by atoms with Crippen LogP contribution in [0.4, 0.5) is 0 Å². The molecule has 0 fully saturated rings. The molecule has 0 unspecified atom stereocenters. The zero-order valence-electron chi connectivity index (χ0n) is 25.6. The van der Waals surface area contributed by atoms with Crippen molar-refractivity contribution in [1.82, 2.24) is 0 Å². The van der Waals surface area contributed by atoms with E-state index in [0.29, 0.717) is 0 Å². The van der Waals surface area contributed by atoms with E-state index in [1.807, 2.05) is 99.6 Å². The van der Waals surface area contributed by atoms with Crippen LogP contribution in [0.3, 0.4) is 0 Å². The number of aryl methyl sites for hydroxylation is 3. The van der Waals surface area contributed by atoms with Crippen LogP contribution < -0.4 is 0 Å². The van der Waals surface area contributed by atoms with Gasteiger partial charge < -0.3 is 15.3 Å². The van der Waals surface area contributed by atoms with Gasteiger partial charge in [-0.2, -0.15) is 0 Å². The van der Waals surface area contributed by atoms with Crippen molar-refractivity contribution < 1.29 is 29.7 Å². The average Bonchev–Trinajstić information content (AvgIpc) is 2.97. The van der Waals surface area contributed by atoms with Crippen LogP contribution in [0, 0.1) is 20.8 Å². The Bertz CT molecular complexity index is 2000. The number of aliphatic carboxylic acids is 3. The third-order valence-corrected chi connectivity index (χ3v) is 7.30. The van der Waals surface area contributed by atoms with E-state index >= 15 is 0 Å². The number of hydrogen-bond acceptors (Lipinski definition) is 3. The third kappa shape index (κ3) is 9.50. The normalized spacial score (nSPS) is 10.5. The van der Waals surface area contributed by atoms with Crippen LogP contribution in [0.25, 0.3) is 32.3 Å². The molecule has 0 amide bonds. The molecule has 0 aliphatic heterocycles. The summed E-state index contributed by atoms with van der Waals surface area (Å²) in [6, 6.07) is 35.7. The standard InChI is InChI=1S/3C13H12O2/c1-9-2-4-12-7-10(8-13(14)15)3-5-11(12)6-9;1-9-2-4-11-5-3-10(8-13(14)15)7-12(11)6-9;1-9-5-6-12-10(7-9)3-2-4-11(12)8-13(14)15/h3*2-7H,8H2,1H3,(H,14,15). The fourth-order valence-corrected chi connectivity index (χ4v) is 5.19. The molecule has 0 saturated heterocycles. The zero-order valence-corrected chi connectivity index (χ0v) is 25.6. The first-order valence-electron chi connectivity index (χ1n) is 14.6. The van der Waals surface area contributed by atoms with E-state index in [9.17, 15) is 14.4 Å². The van der Waals surface area contributed by atoms with Crippen LogP contribution in [0.5, 0.6) is 0 Å². The molecular formula is C39H36O6. The molecule has 228 valence electrons. The van der Waals surface area contributed by atoms with Crippen molar-refractivity contribution in [2.24, 2.45) is 0 Å². The smallest absolute Gasteiger partial charge is 0.307 e. The van der Waals surface area contributed by atoms with E-state index in [4.69, 9.17) is 15.3 Å². The predicted molar refractivity (Wildman–Crippen MR) is 180 cm³/mol. The Kier molecular flexibility index (Phi) is 10.7. The molecule has 0 aliphatic carbocycles. The van der Waals surface area contributed by atoms with Crippen molar-refractivity contribution in [2.75, 3.05) is 0 Å².